The molecule has 2 nitrogen and oxygen atoms in total. The number of rotatable bonds is 5. The molecule has 0 aromatic heterocycles. The number of hydrogen-bond acceptors (Lipinski definition) is 2. The van der Waals surface area contributed by atoms with Gasteiger partial charge < -0.3 is 10.6 Å². The molecule has 1 aromatic rings. The predicted octanol–water partition coefficient (Wildman–Crippen LogP) is 2.45. The van der Waals surface area contributed by atoms with Gasteiger partial charge in [0.25, 0.3) is 0 Å². The first kappa shape index (κ1) is 12.6. The Kier molecular flexibility index (Phi) is 3.55. The lowest BCUT2D eigenvalue weighted by atomic mass is 9.92. The molecule has 2 heteroatoms. The maximum absolute atomic E-state index is 6.43. The molecule has 94 valence electrons. The topological polar surface area (TPSA) is 29.3 Å². The standard InChI is InChI=1S/C15H24N2/c1-12-9-13(12)10-17(3)11-15(2,16)14-7-5-4-6-8-14/h4-8,12-13H,9-11,16H2,1-3H3. The van der Waals surface area contributed by atoms with Crippen LogP contribution in [-0.2, 0) is 5.54 Å². The first-order chi connectivity index (χ1) is 7.99. The summed E-state index contributed by atoms with van der Waals surface area (Å²) in [7, 11) is 2.18. The van der Waals surface area contributed by atoms with E-state index >= 15 is 0 Å². The quantitative estimate of drug-likeness (QED) is 0.845. The molecule has 17 heavy (non-hydrogen) atoms. The Morgan fingerprint density at radius 3 is 2.47 bits per heavy atom. The molecule has 1 fully saturated rings. The summed E-state index contributed by atoms with van der Waals surface area (Å²) in [6, 6.07) is 10.4. The molecule has 1 aliphatic carbocycles. The Hall–Kier alpha value is -0.860. The molecule has 0 saturated heterocycles. The molecule has 3 unspecified atom stereocenters. The van der Waals surface area contributed by atoms with Crippen LogP contribution in [0, 0.1) is 11.8 Å². The van der Waals surface area contributed by atoms with E-state index < -0.39 is 0 Å². The van der Waals surface area contributed by atoms with Crippen LogP contribution < -0.4 is 5.73 Å². The van der Waals surface area contributed by atoms with Gasteiger partial charge in [-0.3, -0.25) is 0 Å². The summed E-state index contributed by atoms with van der Waals surface area (Å²) in [5, 5.41) is 0. The second-order valence-electron chi connectivity index (χ2n) is 5.95. The summed E-state index contributed by atoms with van der Waals surface area (Å²) >= 11 is 0. The lowest BCUT2D eigenvalue weighted by Crippen LogP contribution is -2.44. The Bertz CT molecular complexity index is 358. The Morgan fingerprint density at radius 2 is 1.94 bits per heavy atom. The van der Waals surface area contributed by atoms with Crippen LogP contribution in [0.5, 0.6) is 0 Å². The average Bonchev–Trinajstić information content (AvgIpc) is 2.94. The zero-order valence-corrected chi connectivity index (χ0v) is 11.2. The van der Waals surface area contributed by atoms with E-state index in [4.69, 9.17) is 5.73 Å². The summed E-state index contributed by atoms with van der Waals surface area (Å²) < 4.78 is 0. The second-order valence-corrected chi connectivity index (χ2v) is 5.95. The SMILES string of the molecule is CC1CC1CN(C)CC(C)(N)c1ccccc1. The van der Waals surface area contributed by atoms with E-state index in [1.807, 2.05) is 6.07 Å². The summed E-state index contributed by atoms with van der Waals surface area (Å²) in [4.78, 5) is 2.38. The van der Waals surface area contributed by atoms with Crippen molar-refractivity contribution in [3.05, 3.63) is 35.9 Å². The van der Waals surface area contributed by atoms with E-state index in [0.29, 0.717) is 0 Å². The predicted molar refractivity (Wildman–Crippen MR) is 72.7 cm³/mol. The highest BCUT2D eigenvalue weighted by molar-refractivity contribution is 5.23. The van der Waals surface area contributed by atoms with E-state index in [1.54, 1.807) is 0 Å². The minimum atomic E-state index is -0.256. The highest BCUT2D eigenvalue weighted by Gasteiger charge is 2.34. The van der Waals surface area contributed by atoms with Crippen LogP contribution in [0.2, 0.25) is 0 Å². The van der Waals surface area contributed by atoms with Crippen LogP contribution in [-0.4, -0.2) is 25.0 Å². The third-order valence-electron chi connectivity index (χ3n) is 3.85. The van der Waals surface area contributed by atoms with E-state index in [1.165, 1.54) is 18.5 Å². The van der Waals surface area contributed by atoms with Crippen molar-refractivity contribution in [2.75, 3.05) is 20.1 Å². The summed E-state index contributed by atoms with van der Waals surface area (Å²) in [6.45, 7) is 6.55. The van der Waals surface area contributed by atoms with Crippen LogP contribution >= 0.6 is 0 Å². The molecular formula is C15H24N2. The Morgan fingerprint density at radius 1 is 1.35 bits per heavy atom. The molecule has 0 amide bonds. The Balaban J connectivity index is 1.92. The highest BCUT2D eigenvalue weighted by Crippen LogP contribution is 2.38. The number of likely N-dealkylation sites (N-methyl/N-ethyl adjacent to an activating group) is 1. The van der Waals surface area contributed by atoms with Gasteiger partial charge in [0.05, 0.1) is 5.54 Å². The normalized spacial score (nSPS) is 26.9. The lowest BCUT2D eigenvalue weighted by molar-refractivity contribution is 0.248. The van der Waals surface area contributed by atoms with Crippen molar-refractivity contribution < 1.29 is 0 Å². The molecule has 1 aliphatic rings. The van der Waals surface area contributed by atoms with E-state index in [2.05, 4.69) is 50.1 Å². The van der Waals surface area contributed by atoms with Gasteiger partial charge in [-0.1, -0.05) is 37.3 Å². The van der Waals surface area contributed by atoms with Crippen molar-refractivity contribution in [1.29, 1.82) is 0 Å². The molecule has 0 aliphatic heterocycles. The molecule has 1 aromatic carbocycles. The van der Waals surface area contributed by atoms with Gasteiger partial charge in [0, 0.05) is 13.1 Å². The monoisotopic (exact) mass is 232 g/mol. The summed E-state index contributed by atoms with van der Waals surface area (Å²) in [5.74, 6) is 1.81. The summed E-state index contributed by atoms with van der Waals surface area (Å²) in [5.41, 5.74) is 7.39. The van der Waals surface area contributed by atoms with Crippen LogP contribution in [0.25, 0.3) is 0 Å². The van der Waals surface area contributed by atoms with Crippen LogP contribution in [0.1, 0.15) is 25.8 Å². The number of hydrogen-bond donors (Lipinski definition) is 1. The number of nitrogens with two attached hydrogens (primary N) is 1. The number of nitrogens with zero attached hydrogens (tertiary/aromatic N) is 1. The second kappa shape index (κ2) is 4.79. The van der Waals surface area contributed by atoms with E-state index in [0.717, 1.165) is 18.4 Å². The fourth-order valence-corrected chi connectivity index (χ4v) is 2.59. The molecule has 3 atom stereocenters. The zero-order valence-electron chi connectivity index (χ0n) is 11.2. The van der Waals surface area contributed by atoms with Crippen LogP contribution in [0.4, 0.5) is 0 Å². The minimum Gasteiger partial charge on any atom is -0.321 e. The van der Waals surface area contributed by atoms with E-state index in [-0.39, 0.29) is 5.54 Å². The number of benzene rings is 1. The lowest BCUT2D eigenvalue weighted by Gasteiger charge is -2.30. The minimum absolute atomic E-state index is 0.256. The van der Waals surface area contributed by atoms with Crippen molar-refractivity contribution in [3.8, 4) is 0 Å². The van der Waals surface area contributed by atoms with Gasteiger partial charge in [0.15, 0.2) is 0 Å². The van der Waals surface area contributed by atoms with Gasteiger partial charge in [-0.15, -0.1) is 0 Å². The average molecular weight is 232 g/mol. The highest BCUT2D eigenvalue weighted by atomic mass is 15.1. The van der Waals surface area contributed by atoms with Crippen molar-refractivity contribution >= 4 is 0 Å². The first-order valence-electron chi connectivity index (χ1n) is 6.52. The van der Waals surface area contributed by atoms with Crippen molar-refractivity contribution in [2.24, 2.45) is 17.6 Å². The maximum atomic E-state index is 6.43. The molecule has 2 N–H and O–H groups in total. The molecule has 0 radical (unpaired) electrons. The molecule has 0 spiro atoms. The van der Waals surface area contributed by atoms with Gasteiger partial charge in [-0.25, -0.2) is 0 Å². The summed E-state index contributed by atoms with van der Waals surface area (Å²) in [6.07, 6.45) is 1.39. The van der Waals surface area contributed by atoms with E-state index in [9.17, 15) is 0 Å². The third-order valence-corrected chi connectivity index (χ3v) is 3.85. The largest absolute Gasteiger partial charge is 0.321 e. The maximum Gasteiger partial charge on any atom is 0.0509 e. The molecule has 1 saturated carbocycles. The van der Waals surface area contributed by atoms with Gasteiger partial charge in [0.2, 0.25) is 0 Å². The van der Waals surface area contributed by atoms with Gasteiger partial charge in [-0.05, 0) is 37.8 Å². The van der Waals surface area contributed by atoms with Crippen LogP contribution in [0.15, 0.2) is 30.3 Å². The van der Waals surface area contributed by atoms with Gasteiger partial charge >= 0.3 is 0 Å². The Labute approximate surface area is 105 Å². The van der Waals surface area contributed by atoms with Crippen LogP contribution in [0.3, 0.4) is 0 Å². The van der Waals surface area contributed by atoms with Crippen molar-refractivity contribution in [2.45, 2.75) is 25.8 Å². The molecular weight excluding hydrogens is 208 g/mol. The molecule has 2 rings (SSSR count). The zero-order chi connectivity index (χ0) is 12.5. The fraction of sp³-hybridized carbons (Fsp3) is 0.600. The first-order valence-corrected chi connectivity index (χ1v) is 6.52. The molecule has 0 heterocycles. The molecule has 0 bridgehead atoms. The smallest absolute Gasteiger partial charge is 0.0509 e. The fourth-order valence-electron chi connectivity index (χ4n) is 2.59. The van der Waals surface area contributed by atoms with Gasteiger partial charge in [0.1, 0.15) is 0 Å². The van der Waals surface area contributed by atoms with Gasteiger partial charge in [-0.2, -0.15) is 0 Å². The third kappa shape index (κ3) is 3.30. The van der Waals surface area contributed by atoms with Crippen molar-refractivity contribution in [3.63, 3.8) is 0 Å². The van der Waals surface area contributed by atoms with Crippen molar-refractivity contribution in [1.82, 2.24) is 4.90 Å².